The molecule has 6 heteroatoms. The van der Waals surface area contributed by atoms with Gasteiger partial charge >= 0.3 is 5.97 Å². The summed E-state index contributed by atoms with van der Waals surface area (Å²) in [7, 11) is 0. The number of rotatable bonds is 6. The van der Waals surface area contributed by atoms with Crippen molar-refractivity contribution in [2.75, 3.05) is 19.8 Å². The molecule has 0 saturated heterocycles. The summed E-state index contributed by atoms with van der Waals surface area (Å²) in [5, 5.41) is 3.21. The molecule has 1 saturated carbocycles. The second-order valence-corrected chi connectivity index (χ2v) is 6.24. The Kier molecular flexibility index (Phi) is 5.04. The number of carbonyl (C=O) groups excluding carboxylic acids is 2. The van der Waals surface area contributed by atoms with Crippen LogP contribution in [0, 0.1) is 5.92 Å². The van der Waals surface area contributed by atoms with Crippen molar-refractivity contribution in [1.82, 2.24) is 5.32 Å². The van der Waals surface area contributed by atoms with Gasteiger partial charge in [0.15, 0.2) is 0 Å². The number of hydrogen-bond acceptors (Lipinski definition) is 6. The lowest BCUT2D eigenvalue weighted by atomic mass is 9.75. The van der Waals surface area contributed by atoms with E-state index in [1.807, 2.05) is 26.0 Å². The normalized spacial score (nSPS) is 26.2. The lowest BCUT2D eigenvalue weighted by Gasteiger charge is -2.30. The summed E-state index contributed by atoms with van der Waals surface area (Å²) in [5.74, 6) is 0.376. The van der Waals surface area contributed by atoms with Gasteiger partial charge in [-0.25, -0.2) is 4.79 Å². The number of Topliss-reactive ketones (excluding diaryl/α,β-unsaturated/α-hetero) is 1. The summed E-state index contributed by atoms with van der Waals surface area (Å²) >= 11 is 0. The Morgan fingerprint density at radius 3 is 2.96 bits per heavy atom. The largest absolute Gasteiger partial charge is 0.469 e. The molecule has 24 heavy (non-hydrogen) atoms. The topological polar surface area (TPSA) is 77.8 Å². The van der Waals surface area contributed by atoms with Gasteiger partial charge in [-0.2, -0.15) is 0 Å². The predicted molar refractivity (Wildman–Crippen MR) is 86.3 cm³/mol. The van der Waals surface area contributed by atoms with E-state index in [0.29, 0.717) is 25.3 Å². The first-order chi connectivity index (χ1) is 11.6. The Balaban J connectivity index is 1.66. The highest BCUT2D eigenvalue weighted by Gasteiger charge is 2.45. The summed E-state index contributed by atoms with van der Waals surface area (Å²) in [6.07, 6.45) is 2.83. The monoisotopic (exact) mass is 333 g/mol. The van der Waals surface area contributed by atoms with E-state index >= 15 is 0 Å². The highest BCUT2D eigenvalue weighted by molar-refractivity contribution is 5.94. The minimum absolute atomic E-state index is 0.0578. The molecule has 3 unspecified atom stereocenters. The Morgan fingerprint density at radius 1 is 1.42 bits per heavy atom. The highest BCUT2D eigenvalue weighted by Crippen LogP contribution is 2.41. The second kappa shape index (κ2) is 7.21. The zero-order valence-electron chi connectivity index (χ0n) is 14.0. The number of esters is 1. The van der Waals surface area contributed by atoms with Crippen molar-refractivity contribution in [3.63, 3.8) is 0 Å². The summed E-state index contributed by atoms with van der Waals surface area (Å²) < 4.78 is 15.8. The molecule has 0 aromatic carbocycles. The molecule has 3 atom stereocenters. The lowest BCUT2D eigenvalue weighted by Crippen LogP contribution is -2.40. The molecular weight excluding hydrogens is 310 g/mol. The lowest BCUT2D eigenvalue weighted by molar-refractivity contribution is -0.141. The van der Waals surface area contributed by atoms with Crippen molar-refractivity contribution in [2.24, 2.45) is 5.92 Å². The summed E-state index contributed by atoms with van der Waals surface area (Å²) in [6.45, 7) is 4.90. The predicted octanol–water partition coefficient (Wildman–Crippen LogP) is 2.17. The maximum atomic E-state index is 12.6. The zero-order chi connectivity index (χ0) is 17.1. The number of carbonyl (C=O) groups is 2. The number of hydrogen-bond donors (Lipinski definition) is 1. The molecule has 1 aliphatic heterocycles. The first kappa shape index (κ1) is 16.8. The van der Waals surface area contributed by atoms with Crippen LogP contribution < -0.4 is 5.32 Å². The first-order valence-corrected chi connectivity index (χ1v) is 8.40. The van der Waals surface area contributed by atoms with Crippen LogP contribution in [0.2, 0.25) is 0 Å². The Bertz CT molecular complexity index is 634. The van der Waals surface area contributed by atoms with E-state index in [2.05, 4.69) is 5.32 Å². The molecule has 1 N–H and O–H groups in total. The van der Waals surface area contributed by atoms with Crippen LogP contribution in [0.5, 0.6) is 0 Å². The molecule has 1 fully saturated rings. The van der Waals surface area contributed by atoms with Crippen LogP contribution in [0.15, 0.2) is 34.1 Å². The van der Waals surface area contributed by atoms with E-state index in [1.165, 1.54) is 0 Å². The SMILES string of the molecule is CCOCCOC(=O)C1=C(C)C2C(=O)CC(c3ccco3)CC2N1. The molecular formula is C18H23NO5. The number of ether oxygens (including phenoxy) is 2. The number of ketones is 1. The summed E-state index contributed by atoms with van der Waals surface area (Å²) in [5.41, 5.74) is 1.21. The molecule has 2 aliphatic rings. The molecule has 0 radical (unpaired) electrons. The van der Waals surface area contributed by atoms with E-state index < -0.39 is 5.97 Å². The van der Waals surface area contributed by atoms with Crippen molar-refractivity contribution < 1.29 is 23.5 Å². The number of nitrogens with one attached hydrogen (secondary N) is 1. The average molecular weight is 333 g/mol. The fourth-order valence-electron chi connectivity index (χ4n) is 3.63. The molecule has 0 bridgehead atoms. The molecule has 0 amide bonds. The minimum atomic E-state index is -0.413. The molecule has 1 aliphatic carbocycles. The van der Waals surface area contributed by atoms with E-state index in [1.54, 1.807) is 6.26 Å². The van der Waals surface area contributed by atoms with E-state index in [9.17, 15) is 9.59 Å². The van der Waals surface area contributed by atoms with E-state index in [4.69, 9.17) is 13.9 Å². The maximum Gasteiger partial charge on any atom is 0.354 e. The van der Waals surface area contributed by atoms with Crippen molar-refractivity contribution in [2.45, 2.75) is 38.6 Å². The Morgan fingerprint density at radius 2 is 2.25 bits per heavy atom. The second-order valence-electron chi connectivity index (χ2n) is 6.24. The number of furan rings is 1. The molecule has 1 aromatic heterocycles. The van der Waals surface area contributed by atoms with Gasteiger partial charge in [0, 0.05) is 25.0 Å². The first-order valence-electron chi connectivity index (χ1n) is 8.40. The van der Waals surface area contributed by atoms with Gasteiger partial charge in [0.2, 0.25) is 0 Å². The highest BCUT2D eigenvalue weighted by atomic mass is 16.6. The zero-order valence-corrected chi connectivity index (χ0v) is 14.0. The molecule has 1 aromatic rings. The van der Waals surface area contributed by atoms with Crippen molar-refractivity contribution in [3.8, 4) is 0 Å². The van der Waals surface area contributed by atoms with Gasteiger partial charge in [-0.3, -0.25) is 4.79 Å². The quantitative estimate of drug-likeness (QED) is 0.635. The minimum Gasteiger partial charge on any atom is -0.469 e. The van der Waals surface area contributed by atoms with Crippen LogP contribution in [0.4, 0.5) is 0 Å². The third-order valence-electron chi connectivity index (χ3n) is 4.74. The van der Waals surface area contributed by atoms with Crippen LogP contribution in [0.25, 0.3) is 0 Å². The third kappa shape index (κ3) is 3.24. The molecule has 0 spiro atoms. The van der Waals surface area contributed by atoms with Gasteiger partial charge in [0.1, 0.15) is 23.8 Å². The molecule has 130 valence electrons. The van der Waals surface area contributed by atoms with Gasteiger partial charge in [0.05, 0.1) is 18.8 Å². The molecule has 2 heterocycles. The Hall–Kier alpha value is -2.08. The van der Waals surface area contributed by atoms with Crippen LogP contribution in [-0.2, 0) is 19.1 Å². The number of fused-ring (bicyclic) bond motifs is 1. The van der Waals surface area contributed by atoms with Gasteiger partial charge in [-0.05, 0) is 38.0 Å². The van der Waals surface area contributed by atoms with Crippen LogP contribution in [0.3, 0.4) is 0 Å². The smallest absolute Gasteiger partial charge is 0.354 e. The van der Waals surface area contributed by atoms with Gasteiger partial charge in [-0.15, -0.1) is 0 Å². The van der Waals surface area contributed by atoms with Gasteiger partial charge < -0.3 is 19.2 Å². The van der Waals surface area contributed by atoms with Crippen LogP contribution >= 0.6 is 0 Å². The third-order valence-corrected chi connectivity index (χ3v) is 4.74. The summed E-state index contributed by atoms with van der Waals surface area (Å²) in [4.78, 5) is 24.8. The maximum absolute atomic E-state index is 12.6. The van der Waals surface area contributed by atoms with Crippen molar-refractivity contribution in [1.29, 1.82) is 0 Å². The van der Waals surface area contributed by atoms with Crippen LogP contribution in [-0.4, -0.2) is 37.6 Å². The molecule has 3 rings (SSSR count). The van der Waals surface area contributed by atoms with E-state index in [0.717, 1.165) is 17.8 Å². The average Bonchev–Trinajstić information content (AvgIpc) is 3.20. The van der Waals surface area contributed by atoms with Crippen molar-refractivity contribution in [3.05, 3.63) is 35.4 Å². The Labute approximate surface area is 141 Å². The standard InChI is InChI=1S/C18H23NO5/c1-3-22-7-8-24-18(21)17-11(2)16-13(19-17)9-12(10-14(16)20)15-5-4-6-23-15/h4-6,12-13,16,19H,3,7-10H2,1-2H3. The summed E-state index contributed by atoms with van der Waals surface area (Å²) in [6, 6.07) is 3.66. The van der Waals surface area contributed by atoms with Crippen LogP contribution in [0.1, 0.15) is 38.4 Å². The van der Waals surface area contributed by atoms with Crippen molar-refractivity contribution >= 4 is 11.8 Å². The fourth-order valence-corrected chi connectivity index (χ4v) is 3.63. The van der Waals surface area contributed by atoms with Gasteiger partial charge in [0.25, 0.3) is 0 Å². The fraction of sp³-hybridized carbons (Fsp3) is 0.556. The molecule has 6 nitrogen and oxygen atoms in total. The van der Waals surface area contributed by atoms with Gasteiger partial charge in [-0.1, -0.05) is 0 Å². The van der Waals surface area contributed by atoms with E-state index in [-0.39, 0.29) is 30.3 Å².